The van der Waals surface area contributed by atoms with E-state index in [2.05, 4.69) is 15.9 Å². The molecule has 1 saturated carbocycles. The molecular formula is C20H20BrNO5. The number of imide groups is 1. The highest BCUT2D eigenvalue weighted by atomic mass is 79.9. The fraction of sp³-hybridized carbons (Fsp3) is 0.400. The van der Waals surface area contributed by atoms with Crippen molar-refractivity contribution in [3.05, 3.63) is 58.6 Å². The number of aliphatic hydroxyl groups excluding tert-OH is 2. The molecule has 2 amide bonds. The average Bonchev–Trinajstić information content (AvgIpc) is 2.90. The summed E-state index contributed by atoms with van der Waals surface area (Å²) in [6.07, 6.45) is 5.60. The van der Waals surface area contributed by atoms with Crippen LogP contribution in [0.2, 0.25) is 0 Å². The van der Waals surface area contributed by atoms with Gasteiger partial charge in [0.25, 0.3) is 0 Å². The smallest absolute Gasteiger partial charge is 0.238 e. The fourth-order valence-corrected chi connectivity index (χ4v) is 4.79. The van der Waals surface area contributed by atoms with Crippen molar-refractivity contribution >= 4 is 27.7 Å². The Morgan fingerprint density at radius 3 is 2.07 bits per heavy atom. The Hall–Kier alpha value is -1.80. The summed E-state index contributed by atoms with van der Waals surface area (Å²) in [4.78, 5) is 27.5. The molecule has 0 radical (unpaired) electrons. The van der Waals surface area contributed by atoms with Crippen LogP contribution >= 0.6 is 15.9 Å². The van der Waals surface area contributed by atoms with Crippen LogP contribution in [0.4, 0.5) is 0 Å². The van der Waals surface area contributed by atoms with E-state index in [-0.39, 0.29) is 24.7 Å². The molecule has 7 heteroatoms. The highest BCUT2D eigenvalue weighted by Gasteiger charge is 2.66. The maximum atomic E-state index is 13.1. The lowest BCUT2D eigenvalue weighted by Crippen LogP contribution is -2.68. The number of carbonyl (C=O) groups excluding carboxylic acids is 2. The first-order valence-corrected chi connectivity index (χ1v) is 9.62. The topological polar surface area (TPSA) is 98.1 Å². The highest BCUT2D eigenvalue weighted by Crippen LogP contribution is 2.56. The molecule has 0 aromatic heterocycles. The third kappa shape index (κ3) is 2.64. The molecule has 1 aromatic carbocycles. The maximum Gasteiger partial charge on any atom is 0.238 e. The van der Waals surface area contributed by atoms with Crippen LogP contribution in [0.1, 0.15) is 18.4 Å². The number of carbonyl (C=O) groups is 2. The van der Waals surface area contributed by atoms with Crippen LogP contribution in [0.5, 0.6) is 0 Å². The Morgan fingerprint density at radius 2 is 1.59 bits per heavy atom. The normalized spacial score (nSPS) is 35.9. The van der Waals surface area contributed by atoms with E-state index in [0.29, 0.717) is 5.56 Å². The molecule has 0 spiro atoms. The number of aliphatic hydroxyl groups is 3. The molecule has 0 bridgehead atoms. The van der Waals surface area contributed by atoms with Gasteiger partial charge in [0.2, 0.25) is 11.8 Å². The molecule has 27 heavy (non-hydrogen) atoms. The Kier molecular flexibility index (Phi) is 4.38. The average molecular weight is 434 g/mol. The second-order valence-electron chi connectivity index (χ2n) is 7.53. The van der Waals surface area contributed by atoms with E-state index in [1.165, 1.54) is 4.90 Å². The molecule has 1 aliphatic heterocycles. The van der Waals surface area contributed by atoms with Crippen LogP contribution in [0.3, 0.4) is 0 Å². The molecule has 3 aliphatic rings. The number of hydrogen-bond acceptors (Lipinski definition) is 5. The van der Waals surface area contributed by atoms with Crippen LogP contribution in [0.25, 0.3) is 0 Å². The van der Waals surface area contributed by atoms with E-state index in [0.717, 1.165) is 4.47 Å². The summed E-state index contributed by atoms with van der Waals surface area (Å²) in [6, 6.07) is 7.25. The van der Waals surface area contributed by atoms with Crippen LogP contribution in [0.15, 0.2) is 53.0 Å². The summed E-state index contributed by atoms with van der Waals surface area (Å²) in [7, 11) is 0. The second kappa shape index (κ2) is 6.38. The monoisotopic (exact) mass is 433 g/mol. The summed E-state index contributed by atoms with van der Waals surface area (Å²) in [6.45, 7) is -0.592. The molecule has 1 heterocycles. The first kappa shape index (κ1) is 18.6. The highest BCUT2D eigenvalue weighted by molar-refractivity contribution is 9.10. The Labute approximate surface area is 164 Å². The summed E-state index contributed by atoms with van der Waals surface area (Å²) < 4.78 is 0.852. The quantitative estimate of drug-likeness (QED) is 0.620. The molecule has 2 aliphatic carbocycles. The van der Waals surface area contributed by atoms with Gasteiger partial charge in [-0.05, 0) is 17.7 Å². The minimum absolute atomic E-state index is 0.0201. The van der Waals surface area contributed by atoms with E-state index in [1.54, 1.807) is 24.3 Å². The number of likely N-dealkylation sites (tertiary alicyclic amines) is 1. The van der Waals surface area contributed by atoms with Gasteiger partial charge >= 0.3 is 0 Å². The van der Waals surface area contributed by atoms with Gasteiger partial charge in [0.1, 0.15) is 6.10 Å². The molecule has 1 aromatic rings. The van der Waals surface area contributed by atoms with Crippen molar-refractivity contribution < 1.29 is 24.9 Å². The number of benzene rings is 1. The van der Waals surface area contributed by atoms with Gasteiger partial charge in [0.15, 0.2) is 0 Å². The lowest BCUT2D eigenvalue weighted by molar-refractivity contribution is -0.210. The van der Waals surface area contributed by atoms with E-state index in [9.17, 15) is 24.9 Å². The van der Waals surface area contributed by atoms with Gasteiger partial charge in [-0.15, -0.1) is 0 Å². The molecule has 3 atom stereocenters. The molecule has 3 unspecified atom stereocenters. The number of rotatable bonds is 4. The lowest BCUT2D eigenvalue weighted by Gasteiger charge is -2.58. The van der Waals surface area contributed by atoms with Crippen LogP contribution in [0, 0.1) is 11.8 Å². The number of halogens is 1. The number of hydrogen-bond donors (Lipinski definition) is 3. The van der Waals surface area contributed by atoms with Crippen molar-refractivity contribution in [1.29, 1.82) is 0 Å². The van der Waals surface area contributed by atoms with Gasteiger partial charge < -0.3 is 15.3 Å². The summed E-state index contributed by atoms with van der Waals surface area (Å²) in [5.74, 6) is -1.67. The van der Waals surface area contributed by atoms with Gasteiger partial charge in [-0.1, -0.05) is 52.4 Å². The largest absolute Gasteiger partial charge is 0.394 e. The van der Waals surface area contributed by atoms with Gasteiger partial charge in [-0.25, -0.2) is 0 Å². The van der Waals surface area contributed by atoms with Crippen molar-refractivity contribution in [2.75, 3.05) is 6.61 Å². The van der Waals surface area contributed by atoms with Crippen molar-refractivity contribution in [2.45, 2.75) is 30.1 Å². The minimum atomic E-state index is -1.55. The van der Waals surface area contributed by atoms with Crippen molar-refractivity contribution in [2.24, 2.45) is 11.8 Å². The third-order valence-corrected chi connectivity index (χ3v) is 6.47. The molecule has 142 valence electrons. The minimum Gasteiger partial charge on any atom is -0.394 e. The Balaban J connectivity index is 1.77. The second-order valence-corrected chi connectivity index (χ2v) is 8.44. The summed E-state index contributed by atoms with van der Waals surface area (Å²) in [5, 5.41) is 30.0. The number of allylic oxidation sites excluding steroid dienone is 2. The van der Waals surface area contributed by atoms with Crippen molar-refractivity contribution in [3.63, 3.8) is 0 Å². The summed E-state index contributed by atoms with van der Waals surface area (Å²) in [5.41, 5.74) is -1.88. The number of fused-ring (bicyclic) bond motifs is 1. The molecule has 2 fully saturated rings. The van der Waals surface area contributed by atoms with Crippen LogP contribution in [-0.2, 0) is 15.1 Å². The van der Waals surface area contributed by atoms with Crippen LogP contribution < -0.4 is 0 Å². The Bertz CT molecular complexity index is 810. The first-order valence-electron chi connectivity index (χ1n) is 8.83. The lowest BCUT2D eigenvalue weighted by atomic mass is 9.58. The van der Waals surface area contributed by atoms with Gasteiger partial charge in [-0.3, -0.25) is 14.5 Å². The molecule has 1 saturated heterocycles. The number of amides is 2. The maximum absolute atomic E-state index is 13.1. The van der Waals surface area contributed by atoms with Crippen LogP contribution in [-0.4, -0.2) is 50.3 Å². The van der Waals surface area contributed by atoms with E-state index in [4.69, 9.17) is 0 Å². The predicted molar refractivity (Wildman–Crippen MR) is 100 cm³/mol. The molecule has 3 N–H and O–H groups in total. The van der Waals surface area contributed by atoms with Crippen molar-refractivity contribution in [3.8, 4) is 0 Å². The predicted octanol–water partition coefficient (Wildman–Crippen LogP) is 1.25. The Morgan fingerprint density at radius 1 is 1.07 bits per heavy atom. The van der Waals surface area contributed by atoms with Crippen molar-refractivity contribution in [1.82, 2.24) is 4.90 Å². The third-order valence-electron chi connectivity index (χ3n) is 5.95. The molecule has 4 rings (SSSR count). The zero-order chi connectivity index (χ0) is 19.4. The van der Waals surface area contributed by atoms with Gasteiger partial charge in [0, 0.05) is 17.3 Å². The van der Waals surface area contributed by atoms with E-state index in [1.807, 2.05) is 24.3 Å². The zero-order valence-electron chi connectivity index (χ0n) is 14.5. The van der Waals surface area contributed by atoms with Gasteiger partial charge in [-0.2, -0.15) is 0 Å². The molecular weight excluding hydrogens is 414 g/mol. The SMILES string of the molecule is O=C1C2C=CC=CC2C(=O)N1C1(c2ccc(Br)cc2)CC(O)(C(O)CO)C1. The van der Waals surface area contributed by atoms with Gasteiger partial charge in [0.05, 0.1) is 29.6 Å². The summed E-state index contributed by atoms with van der Waals surface area (Å²) >= 11 is 3.38. The first-order chi connectivity index (χ1) is 12.8. The fourth-order valence-electron chi connectivity index (χ4n) is 4.53. The standard InChI is InChI=1S/C20H20BrNO5/c21-13-7-5-12(6-8-13)19(10-20(27,11-19)16(24)9-23)22-17(25)14-3-1-2-4-15(14)18(22)26/h1-8,14-16,23-24,27H,9-11H2. The van der Waals surface area contributed by atoms with E-state index >= 15 is 0 Å². The number of nitrogens with zero attached hydrogens (tertiary/aromatic N) is 1. The van der Waals surface area contributed by atoms with E-state index < -0.39 is 35.7 Å². The zero-order valence-corrected chi connectivity index (χ0v) is 16.0. The molecule has 6 nitrogen and oxygen atoms in total.